The molecular weight excluding hydrogens is 767 g/mol. The third-order valence-corrected chi connectivity index (χ3v) is 8.20. The second-order valence-electron chi connectivity index (χ2n) is 7.29. The van der Waals surface area contributed by atoms with Crippen LogP contribution in [0.5, 0.6) is 5.75 Å². The van der Waals surface area contributed by atoms with Gasteiger partial charge in [-0.2, -0.15) is 5.01 Å². The minimum atomic E-state index is -0.651. The number of nitrogens with one attached hydrogen (secondary N) is 2. The minimum absolute atomic E-state index is 0.197. The average Bonchev–Trinajstić information content (AvgIpc) is 3.08. The summed E-state index contributed by atoms with van der Waals surface area (Å²) in [5.74, 6) is 0.215. The Bertz CT molecular complexity index is 1390. The molecule has 1 fully saturated rings. The van der Waals surface area contributed by atoms with Gasteiger partial charge in [-0.15, -0.1) is 0 Å². The molecule has 1 heterocycles. The number of urea groups is 1. The summed E-state index contributed by atoms with van der Waals surface area (Å²) in [6, 6.07) is 17.8. The Kier molecular flexibility index (Phi) is 9.39. The maximum atomic E-state index is 13.1. The monoisotopic (exact) mass is 781 g/mol. The van der Waals surface area contributed by atoms with Crippen molar-refractivity contribution < 1.29 is 14.3 Å². The summed E-state index contributed by atoms with van der Waals surface area (Å²) >= 11 is 22.8. The second-order valence-corrected chi connectivity index (χ2v) is 12.2. The van der Waals surface area contributed by atoms with Gasteiger partial charge in [0.1, 0.15) is 12.4 Å². The molecule has 3 amide bonds. The fraction of sp³-hybridized carbons (Fsp3) is 0.0417. The Morgan fingerprint density at radius 2 is 1.83 bits per heavy atom. The van der Waals surface area contributed by atoms with E-state index in [-0.39, 0.29) is 4.32 Å². The maximum Gasteiger partial charge on any atom is 0.338 e. The highest BCUT2D eigenvalue weighted by Crippen LogP contribution is 2.36. The molecule has 0 bridgehead atoms. The van der Waals surface area contributed by atoms with E-state index in [4.69, 9.17) is 40.2 Å². The molecule has 12 heteroatoms. The molecule has 0 aliphatic carbocycles. The SMILES string of the molecule is O=C(Nc1ccc(Cl)c(Cl)c1)NN1C(=O)/C(=C\c2cc(I)cc(I)c2OCc2ccccc2)SC1=S. The molecule has 2 N–H and O–H groups in total. The number of thioether (sulfide) groups is 1. The Balaban J connectivity index is 1.51. The van der Waals surface area contributed by atoms with Gasteiger partial charge < -0.3 is 10.1 Å². The number of hydrazine groups is 1. The van der Waals surface area contributed by atoms with E-state index >= 15 is 0 Å². The number of carbonyl (C=O) groups excluding carboxylic acids is 2. The van der Waals surface area contributed by atoms with Crippen molar-refractivity contribution in [2.75, 3.05) is 5.32 Å². The van der Waals surface area contributed by atoms with E-state index < -0.39 is 11.9 Å². The topological polar surface area (TPSA) is 70.7 Å². The largest absolute Gasteiger partial charge is 0.487 e. The number of ether oxygens (including phenoxy) is 1. The number of benzene rings is 3. The van der Waals surface area contributed by atoms with E-state index in [1.165, 1.54) is 6.07 Å². The van der Waals surface area contributed by atoms with E-state index in [1.807, 2.05) is 42.5 Å². The van der Waals surface area contributed by atoms with Crippen LogP contribution in [0.3, 0.4) is 0 Å². The second kappa shape index (κ2) is 12.3. The summed E-state index contributed by atoms with van der Waals surface area (Å²) in [5.41, 5.74) is 4.66. The van der Waals surface area contributed by atoms with Crippen LogP contribution in [0, 0.1) is 7.14 Å². The Morgan fingerprint density at radius 1 is 1.08 bits per heavy atom. The van der Waals surface area contributed by atoms with Gasteiger partial charge in [0.05, 0.1) is 18.5 Å². The number of nitrogens with zero attached hydrogens (tertiary/aromatic N) is 1. The van der Waals surface area contributed by atoms with Gasteiger partial charge in [0.25, 0.3) is 5.91 Å². The van der Waals surface area contributed by atoms with Crippen LogP contribution in [-0.4, -0.2) is 21.3 Å². The zero-order valence-corrected chi connectivity index (χ0v) is 25.5. The molecule has 1 saturated heterocycles. The zero-order chi connectivity index (χ0) is 25.8. The van der Waals surface area contributed by atoms with Crippen molar-refractivity contribution in [1.29, 1.82) is 0 Å². The first-order valence-corrected chi connectivity index (χ1v) is 14.3. The van der Waals surface area contributed by atoms with Gasteiger partial charge in [-0.1, -0.05) is 65.3 Å². The molecule has 0 spiro atoms. The fourth-order valence-corrected chi connectivity index (χ4v) is 6.62. The molecule has 184 valence electrons. The van der Waals surface area contributed by atoms with Crippen molar-refractivity contribution in [3.05, 3.63) is 93.9 Å². The van der Waals surface area contributed by atoms with Gasteiger partial charge in [-0.05, 0) is 99.4 Å². The van der Waals surface area contributed by atoms with Gasteiger partial charge in [0.15, 0.2) is 4.32 Å². The van der Waals surface area contributed by atoms with Crippen molar-refractivity contribution in [1.82, 2.24) is 10.4 Å². The number of carbonyl (C=O) groups is 2. The number of hydrogen-bond donors (Lipinski definition) is 2. The third kappa shape index (κ3) is 6.84. The molecule has 0 saturated carbocycles. The van der Waals surface area contributed by atoms with E-state index in [2.05, 4.69) is 55.9 Å². The number of halogens is 4. The van der Waals surface area contributed by atoms with Gasteiger partial charge in [-0.3, -0.25) is 4.79 Å². The lowest BCUT2D eigenvalue weighted by Gasteiger charge is -2.16. The lowest BCUT2D eigenvalue weighted by Crippen LogP contribution is -2.46. The lowest BCUT2D eigenvalue weighted by molar-refractivity contribution is -0.123. The highest BCUT2D eigenvalue weighted by molar-refractivity contribution is 14.1. The maximum absolute atomic E-state index is 13.1. The summed E-state index contributed by atoms with van der Waals surface area (Å²) < 4.78 is 8.24. The first kappa shape index (κ1) is 27.5. The molecule has 0 radical (unpaired) electrons. The predicted octanol–water partition coefficient (Wildman–Crippen LogP) is 7.72. The smallest absolute Gasteiger partial charge is 0.338 e. The Morgan fingerprint density at radius 3 is 2.56 bits per heavy atom. The highest BCUT2D eigenvalue weighted by atomic mass is 127. The van der Waals surface area contributed by atoms with Gasteiger partial charge >= 0.3 is 6.03 Å². The summed E-state index contributed by atoms with van der Waals surface area (Å²) in [6.07, 6.45) is 1.72. The first-order valence-electron chi connectivity index (χ1n) is 10.2. The molecule has 1 aliphatic heterocycles. The van der Waals surface area contributed by atoms with Crippen LogP contribution in [0.1, 0.15) is 11.1 Å². The Hall–Kier alpha value is -1.58. The quantitative estimate of drug-likeness (QED) is 0.152. The van der Waals surface area contributed by atoms with E-state index in [0.29, 0.717) is 33.0 Å². The van der Waals surface area contributed by atoms with E-state index in [0.717, 1.165) is 35.0 Å². The Labute approximate surface area is 254 Å². The number of thiocarbonyl (C=S) groups is 1. The molecular formula is C24H15Cl2I2N3O3S2. The number of hydrogen-bond acceptors (Lipinski definition) is 5. The van der Waals surface area contributed by atoms with Crippen LogP contribution >= 0.6 is 92.4 Å². The molecule has 36 heavy (non-hydrogen) atoms. The number of rotatable bonds is 6. The summed E-state index contributed by atoms with van der Waals surface area (Å²) in [6.45, 7) is 0.385. The van der Waals surface area contributed by atoms with Gasteiger partial charge in [0.2, 0.25) is 0 Å². The van der Waals surface area contributed by atoms with Gasteiger partial charge in [0, 0.05) is 14.8 Å². The van der Waals surface area contributed by atoms with Crippen LogP contribution in [0.15, 0.2) is 65.6 Å². The average molecular weight is 782 g/mol. The summed E-state index contributed by atoms with van der Waals surface area (Å²) in [5, 5.41) is 4.29. The highest BCUT2D eigenvalue weighted by Gasteiger charge is 2.34. The standard InChI is InChI=1S/C24H15Cl2I2N3O3S2/c25-17-7-6-16(11-18(17)26)29-23(33)30-31-22(32)20(36-24(31)35)9-14-8-15(27)10-19(28)21(14)34-12-13-4-2-1-3-5-13/h1-11H,12H2,(H2,29,30,33)/b20-9+. The molecule has 3 aromatic carbocycles. The third-order valence-electron chi connectivity index (χ3n) is 4.73. The van der Waals surface area contributed by atoms with Crippen molar-refractivity contribution in [3.8, 4) is 5.75 Å². The molecule has 0 aromatic heterocycles. The fourth-order valence-electron chi connectivity index (χ4n) is 3.11. The van der Waals surface area contributed by atoms with Crippen molar-refractivity contribution in [2.45, 2.75) is 6.61 Å². The first-order chi connectivity index (χ1) is 17.2. The lowest BCUT2D eigenvalue weighted by atomic mass is 10.1. The van der Waals surface area contributed by atoms with E-state index in [9.17, 15) is 9.59 Å². The van der Waals surface area contributed by atoms with Crippen molar-refractivity contribution >= 4 is 120 Å². The number of amides is 3. The van der Waals surface area contributed by atoms with Crippen LogP contribution in [0.2, 0.25) is 10.0 Å². The molecule has 0 atom stereocenters. The molecule has 6 nitrogen and oxygen atoms in total. The van der Waals surface area contributed by atoms with E-state index in [1.54, 1.807) is 18.2 Å². The molecule has 1 aliphatic rings. The van der Waals surface area contributed by atoms with Crippen molar-refractivity contribution in [2.24, 2.45) is 0 Å². The molecule has 4 rings (SSSR count). The van der Waals surface area contributed by atoms with Crippen molar-refractivity contribution in [3.63, 3.8) is 0 Å². The van der Waals surface area contributed by atoms with Crippen LogP contribution < -0.4 is 15.5 Å². The van der Waals surface area contributed by atoms with Crippen LogP contribution in [0.4, 0.5) is 10.5 Å². The zero-order valence-electron chi connectivity index (χ0n) is 18.1. The minimum Gasteiger partial charge on any atom is -0.487 e. The summed E-state index contributed by atoms with van der Waals surface area (Å²) in [4.78, 5) is 25.9. The molecule has 3 aromatic rings. The molecule has 0 unspecified atom stereocenters. The predicted molar refractivity (Wildman–Crippen MR) is 166 cm³/mol. The number of anilines is 1. The van der Waals surface area contributed by atoms with Crippen LogP contribution in [0.25, 0.3) is 6.08 Å². The summed E-state index contributed by atoms with van der Waals surface area (Å²) in [7, 11) is 0. The van der Waals surface area contributed by atoms with Gasteiger partial charge in [-0.25, -0.2) is 10.2 Å². The van der Waals surface area contributed by atoms with Crippen LogP contribution in [-0.2, 0) is 11.4 Å². The normalized spacial score (nSPS) is 14.3.